The summed E-state index contributed by atoms with van der Waals surface area (Å²) < 4.78 is 21.0. The molecule has 106 valence electrons. The average molecular weight is 334 g/mol. The molecule has 0 unspecified atom stereocenters. The summed E-state index contributed by atoms with van der Waals surface area (Å²) in [6.07, 6.45) is 0. The van der Waals surface area contributed by atoms with E-state index in [1.165, 1.54) is 5.56 Å². The van der Waals surface area contributed by atoms with Gasteiger partial charge < -0.3 is 0 Å². The minimum atomic E-state index is -3.38. The van der Waals surface area contributed by atoms with E-state index in [2.05, 4.69) is 34.6 Å². The molecule has 0 aliphatic carbocycles. The molecule has 3 heterocycles. The van der Waals surface area contributed by atoms with Gasteiger partial charge in [-0.15, -0.1) is 0 Å². The Morgan fingerprint density at radius 3 is 2.05 bits per heavy atom. The first-order valence-electron chi connectivity index (χ1n) is 7.00. The van der Waals surface area contributed by atoms with Crippen LogP contribution in [0.25, 0.3) is 0 Å². The van der Waals surface area contributed by atoms with E-state index in [0.717, 1.165) is 25.2 Å². The van der Waals surface area contributed by atoms with Crippen LogP contribution < -0.4 is 0 Å². The monoisotopic (exact) mass is 335 g/mol. The summed E-state index contributed by atoms with van der Waals surface area (Å²) in [7, 11) is 0. The fourth-order valence-electron chi connectivity index (χ4n) is 2.28. The van der Waals surface area contributed by atoms with Gasteiger partial charge in [-0.2, -0.15) is 0 Å². The Bertz CT molecular complexity index is 494. The van der Waals surface area contributed by atoms with Crippen LogP contribution in [-0.2, 0) is 11.3 Å². The molecule has 0 amide bonds. The molecular weight excluding hydrogens is 315 g/mol. The third-order valence-corrected chi connectivity index (χ3v) is 8.09. The third kappa shape index (κ3) is 3.43. The molecule has 2 bridgehead atoms. The molecule has 3 fully saturated rings. The van der Waals surface area contributed by atoms with Crippen molar-refractivity contribution < 1.29 is 11.3 Å². The average Bonchev–Trinajstić information content (AvgIpc) is 2.38. The van der Waals surface area contributed by atoms with Crippen molar-refractivity contribution in [2.75, 3.05) is 39.5 Å². The summed E-state index contributed by atoms with van der Waals surface area (Å²) in [6.45, 7) is 6.88. The van der Waals surface area contributed by atoms with Crippen molar-refractivity contribution in [3.8, 4) is 10.7 Å². The van der Waals surface area contributed by atoms with E-state index in [1.54, 1.807) is 0 Å². The molecule has 20 heavy (non-hydrogen) atoms. The van der Waals surface area contributed by atoms with E-state index in [-0.39, 0.29) is 0 Å². The van der Waals surface area contributed by atoms with Gasteiger partial charge in [0, 0.05) is 0 Å². The van der Waals surface area contributed by atoms with Crippen molar-refractivity contribution >= 4 is 14.3 Å². The molecule has 0 N–H and O–H groups in total. The van der Waals surface area contributed by atoms with Crippen molar-refractivity contribution in [2.24, 2.45) is 0 Å². The van der Waals surface area contributed by atoms with Gasteiger partial charge in [-0.1, -0.05) is 0 Å². The first-order valence-corrected chi connectivity index (χ1v) is 10.6. The zero-order chi connectivity index (χ0) is 13.8. The van der Waals surface area contributed by atoms with Gasteiger partial charge in [0.25, 0.3) is 0 Å². The van der Waals surface area contributed by atoms with E-state index >= 15 is 0 Å². The van der Waals surface area contributed by atoms with Gasteiger partial charge in [0.1, 0.15) is 0 Å². The van der Waals surface area contributed by atoms with Gasteiger partial charge in [-0.25, -0.2) is 0 Å². The molecule has 0 saturated carbocycles. The van der Waals surface area contributed by atoms with E-state index in [0.29, 0.717) is 19.8 Å². The molecular formula is C15H19GeNO3. The summed E-state index contributed by atoms with van der Waals surface area (Å²) in [4.78, 5) is 2.30. The van der Waals surface area contributed by atoms with Crippen LogP contribution in [0, 0.1) is 17.6 Å². The standard InChI is InChI=1S/C15H19GeNO3/c1-14-2-4-15(5-3-14)6-7-16-18-11-8-17(9-12-19-16)10-13-20-16/h2-5H,8-13H2,1H3. The summed E-state index contributed by atoms with van der Waals surface area (Å²) >= 11 is -3.38. The van der Waals surface area contributed by atoms with Crippen LogP contribution in [0.3, 0.4) is 0 Å². The van der Waals surface area contributed by atoms with Crippen molar-refractivity contribution in [3.63, 3.8) is 0 Å². The fraction of sp³-hybridized carbons (Fsp3) is 0.467. The second kappa shape index (κ2) is 6.29. The van der Waals surface area contributed by atoms with Crippen molar-refractivity contribution in [1.29, 1.82) is 0 Å². The van der Waals surface area contributed by atoms with E-state index in [4.69, 9.17) is 11.3 Å². The SMILES string of the molecule is Cc1ccc(C#[C][Ge]23[O]CCN(CC[O]2)CC[O]3)cc1. The molecule has 4 rings (SSSR count). The summed E-state index contributed by atoms with van der Waals surface area (Å²) in [5.74, 6) is 3.18. The summed E-state index contributed by atoms with van der Waals surface area (Å²) in [6, 6.07) is 8.17. The third-order valence-electron chi connectivity index (χ3n) is 3.51. The Morgan fingerprint density at radius 1 is 0.950 bits per heavy atom. The summed E-state index contributed by atoms with van der Waals surface area (Å²) in [5, 5.41) is 0. The van der Waals surface area contributed by atoms with Gasteiger partial charge in [-0.05, 0) is 0 Å². The van der Waals surface area contributed by atoms with Gasteiger partial charge >= 0.3 is 123 Å². The number of nitrogens with zero attached hydrogens (tertiary/aromatic N) is 1. The molecule has 5 heteroatoms. The number of hydrogen-bond donors (Lipinski definition) is 0. The molecule has 3 saturated heterocycles. The fourth-order valence-corrected chi connectivity index (χ4v) is 6.15. The maximum atomic E-state index is 5.91. The molecule has 1 aromatic carbocycles. The molecule has 3 aliphatic heterocycles. The first-order chi connectivity index (χ1) is 9.76. The Kier molecular flexibility index (Phi) is 4.44. The first kappa shape index (κ1) is 14.1. The number of hydrogen-bond acceptors (Lipinski definition) is 4. The van der Waals surface area contributed by atoms with Gasteiger partial charge in [0.2, 0.25) is 0 Å². The van der Waals surface area contributed by atoms with Crippen molar-refractivity contribution in [2.45, 2.75) is 6.92 Å². The van der Waals surface area contributed by atoms with Gasteiger partial charge in [-0.3, -0.25) is 0 Å². The van der Waals surface area contributed by atoms with E-state index in [9.17, 15) is 0 Å². The van der Waals surface area contributed by atoms with Crippen LogP contribution in [-0.4, -0.2) is 58.6 Å². The molecule has 1 aromatic rings. The zero-order valence-electron chi connectivity index (χ0n) is 11.7. The van der Waals surface area contributed by atoms with Crippen LogP contribution in [0.2, 0.25) is 0 Å². The Balaban J connectivity index is 1.81. The number of fused-ring (bicyclic) bond motifs is 6. The van der Waals surface area contributed by atoms with Crippen LogP contribution >= 0.6 is 0 Å². The molecule has 0 atom stereocenters. The quantitative estimate of drug-likeness (QED) is 0.527. The van der Waals surface area contributed by atoms with Gasteiger partial charge in [0.15, 0.2) is 0 Å². The van der Waals surface area contributed by atoms with E-state index in [1.807, 2.05) is 12.1 Å². The predicted molar refractivity (Wildman–Crippen MR) is 78.1 cm³/mol. The number of rotatable bonds is 0. The Hall–Kier alpha value is -0.837. The van der Waals surface area contributed by atoms with E-state index < -0.39 is 14.3 Å². The normalized spacial score (nSPS) is 29.8. The summed E-state index contributed by atoms with van der Waals surface area (Å²) in [5.41, 5.74) is 2.22. The van der Waals surface area contributed by atoms with Crippen LogP contribution in [0.1, 0.15) is 11.1 Å². The van der Waals surface area contributed by atoms with Gasteiger partial charge in [0.05, 0.1) is 0 Å². The molecule has 4 nitrogen and oxygen atoms in total. The van der Waals surface area contributed by atoms with Crippen LogP contribution in [0.5, 0.6) is 0 Å². The molecule has 0 aromatic heterocycles. The second-order valence-electron chi connectivity index (χ2n) is 5.06. The van der Waals surface area contributed by atoms with Crippen LogP contribution in [0.4, 0.5) is 0 Å². The van der Waals surface area contributed by atoms with Crippen molar-refractivity contribution in [3.05, 3.63) is 35.4 Å². The second-order valence-corrected chi connectivity index (χ2v) is 9.73. The Morgan fingerprint density at radius 2 is 1.50 bits per heavy atom. The van der Waals surface area contributed by atoms with Crippen LogP contribution in [0.15, 0.2) is 24.3 Å². The molecule has 0 spiro atoms. The maximum absolute atomic E-state index is 5.91. The predicted octanol–water partition coefficient (Wildman–Crippen LogP) is 1.20. The molecule has 3 aliphatic rings. The van der Waals surface area contributed by atoms with Crippen molar-refractivity contribution in [1.82, 2.24) is 4.90 Å². The number of aryl methyl sites for hydroxylation is 1. The Labute approximate surface area is 123 Å². The number of benzene rings is 1. The topological polar surface area (TPSA) is 30.9 Å². The molecule has 0 radical (unpaired) electrons. The zero-order valence-corrected chi connectivity index (χ0v) is 13.8. The minimum absolute atomic E-state index is 0.655.